The molecule has 4 nitrogen and oxygen atoms in total. The summed E-state index contributed by atoms with van der Waals surface area (Å²) >= 11 is 7.26. The summed E-state index contributed by atoms with van der Waals surface area (Å²) in [6, 6.07) is 22.5. The summed E-state index contributed by atoms with van der Waals surface area (Å²) in [5.41, 5.74) is 3.83. The molecule has 0 radical (unpaired) electrons. The fourth-order valence-corrected chi connectivity index (χ4v) is 4.41. The van der Waals surface area contributed by atoms with Crippen LogP contribution in [0, 0.1) is 6.92 Å². The molecule has 0 bridgehead atoms. The molecule has 1 aliphatic heterocycles. The van der Waals surface area contributed by atoms with E-state index in [1.165, 1.54) is 16.7 Å². The van der Waals surface area contributed by atoms with Crippen molar-refractivity contribution in [2.75, 3.05) is 10.2 Å². The first-order valence-corrected chi connectivity index (χ1v) is 11.5. The van der Waals surface area contributed by atoms with E-state index in [9.17, 15) is 9.59 Å². The third kappa shape index (κ3) is 4.59. The molecule has 1 heterocycles. The van der Waals surface area contributed by atoms with Gasteiger partial charge in [-0.3, -0.25) is 9.59 Å². The van der Waals surface area contributed by atoms with E-state index in [4.69, 9.17) is 11.6 Å². The van der Waals surface area contributed by atoms with Crippen molar-refractivity contribution < 1.29 is 9.59 Å². The number of amides is 2. The van der Waals surface area contributed by atoms with E-state index in [2.05, 4.69) is 19.2 Å². The van der Waals surface area contributed by atoms with Gasteiger partial charge in [0.15, 0.2) is 0 Å². The van der Waals surface area contributed by atoms with Crippen LogP contribution in [0.1, 0.15) is 30.9 Å². The number of nitrogens with one attached hydrogen (secondary N) is 1. The average molecular weight is 463 g/mol. The Kier molecular flexibility index (Phi) is 6.40. The van der Waals surface area contributed by atoms with E-state index in [1.807, 2.05) is 67.6 Å². The number of nitrogens with zero attached hydrogens (tertiary/aromatic N) is 1. The van der Waals surface area contributed by atoms with Gasteiger partial charge in [0, 0.05) is 15.6 Å². The number of hydrogen-bond donors (Lipinski definition) is 1. The first kappa shape index (κ1) is 22.2. The number of benzene rings is 3. The van der Waals surface area contributed by atoms with Gasteiger partial charge in [-0.1, -0.05) is 67.0 Å². The number of carbonyl (C=O) groups is 2. The van der Waals surface area contributed by atoms with Gasteiger partial charge in [0.2, 0.25) is 0 Å². The lowest BCUT2D eigenvalue weighted by atomic mass is 10.0. The molecule has 0 unspecified atom stereocenters. The minimum Gasteiger partial charge on any atom is -0.350 e. The van der Waals surface area contributed by atoms with E-state index in [1.54, 1.807) is 12.1 Å². The number of rotatable bonds is 6. The third-order valence-electron chi connectivity index (χ3n) is 5.21. The number of anilines is 2. The van der Waals surface area contributed by atoms with Crippen LogP contribution >= 0.6 is 23.4 Å². The molecule has 3 aromatic carbocycles. The molecule has 162 valence electrons. The lowest BCUT2D eigenvalue weighted by Crippen LogP contribution is -2.32. The van der Waals surface area contributed by atoms with Crippen molar-refractivity contribution in [3.05, 3.63) is 99.5 Å². The topological polar surface area (TPSA) is 49.4 Å². The Labute approximate surface area is 197 Å². The first-order chi connectivity index (χ1) is 15.3. The normalized spacial score (nSPS) is 14.0. The van der Waals surface area contributed by atoms with E-state index >= 15 is 0 Å². The van der Waals surface area contributed by atoms with Crippen LogP contribution in [-0.2, 0) is 9.59 Å². The number of thioether (sulfide) groups is 1. The fraction of sp³-hybridized carbons (Fsp3) is 0.154. The zero-order chi connectivity index (χ0) is 22.8. The molecule has 1 N–H and O–H groups in total. The molecule has 0 aliphatic carbocycles. The Morgan fingerprint density at radius 2 is 1.47 bits per heavy atom. The predicted molar refractivity (Wildman–Crippen MR) is 132 cm³/mol. The standard InChI is InChI=1S/C26H23ClN2O2S/c1-16(2)18-6-12-21(13-7-18)29-25(30)23(28-20-10-4-17(3)5-11-20)24(26(29)31)32-22-14-8-19(27)9-15-22/h4-16,28H,1-3H3. The van der Waals surface area contributed by atoms with Gasteiger partial charge in [-0.2, -0.15) is 0 Å². The van der Waals surface area contributed by atoms with Crippen molar-refractivity contribution >= 4 is 46.6 Å². The van der Waals surface area contributed by atoms with Crippen molar-refractivity contribution in [3.63, 3.8) is 0 Å². The highest BCUT2D eigenvalue weighted by molar-refractivity contribution is 8.04. The maximum Gasteiger partial charge on any atom is 0.283 e. The van der Waals surface area contributed by atoms with Crippen LogP contribution in [0.5, 0.6) is 0 Å². The van der Waals surface area contributed by atoms with Crippen LogP contribution in [0.2, 0.25) is 5.02 Å². The molecular weight excluding hydrogens is 440 g/mol. The smallest absolute Gasteiger partial charge is 0.283 e. The lowest BCUT2D eigenvalue weighted by Gasteiger charge is -2.16. The highest BCUT2D eigenvalue weighted by Gasteiger charge is 2.40. The van der Waals surface area contributed by atoms with Gasteiger partial charge in [0.05, 0.1) is 5.69 Å². The van der Waals surface area contributed by atoms with E-state index in [0.29, 0.717) is 21.5 Å². The Bertz CT molecular complexity index is 1110. The van der Waals surface area contributed by atoms with Gasteiger partial charge in [-0.15, -0.1) is 0 Å². The minimum absolute atomic E-state index is 0.270. The largest absolute Gasteiger partial charge is 0.350 e. The van der Waals surface area contributed by atoms with Gasteiger partial charge in [0.25, 0.3) is 11.8 Å². The molecule has 4 rings (SSSR count). The molecule has 0 aromatic heterocycles. The van der Waals surface area contributed by atoms with Crippen molar-refractivity contribution in [2.24, 2.45) is 0 Å². The van der Waals surface area contributed by atoms with Gasteiger partial charge in [-0.05, 0) is 66.9 Å². The summed E-state index contributed by atoms with van der Waals surface area (Å²) in [6.07, 6.45) is 0. The van der Waals surface area contributed by atoms with Crippen molar-refractivity contribution in [3.8, 4) is 0 Å². The summed E-state index contributed by atoms with van der Waals surface area (Å²) in [7, 11) is 0. The maximum atomic E-state index is 13.4. The molecule has 0 saturated carbocycles. The van der Waals surface area contributed by atoms with Gasteiger partial charge in [-0.25, -0.2) is 4.90 Å². The van der Waals surface area contributed by atoms with Gasteiger partial charge >= 0.3 is 0 Å². The zero-order valence-electron chi connectivity index (χ0n) is 18.1. The molecule has 0 spiro atoms. The van der Waals surface area contributed by atoms with E-state index in [0.717, 1.165) is 21.7 Å². The molecule has 0 fully saturated rings. The maximum absolute atomic E-state index is 13.4. The second-order valence-corrected chi connectivity index (χ2v) is 9.46. The van der Waals surface area contributed by atoms with Crippen LogP contribution in [0.15, 0.2) is 88.3 Å². The molecule has 32 heavy (non-hydrogen) atoms. The fourth-order valence-electron chi connectivity index (χ4n) is 3.36. The Morgan fingerprint density at radius 1 is 0.844 bits per heavy atom. The molecule has 1 aliphatic rings. The van der Waals surface area contributed by atoms with E-state index in [-0.39, 0.29) is 17.5 Å². The number of imide groups is 1. The number of hydrogen-bond acceptors (Lipinski definition) is 4. The third-order valence-corrected chi connectivity index (χ3v) is 6.56. The summed E-state index contributed by atoms with van der Waals surface area (Å²) in [5.74, 6) is -0.354. The monoisotopic (exact) mass is 462 g/mol. The summed E-state index contributed by atoms with van der Waals surface area (Å²) < 4.78 is 0. The number of aryl methyl sites for hydroxylation is 1. The van der Waals surface area contributed by atoms with Gasteiger partial charge in [0.1, 0.15) is 10.6 Å². The second kappa shape index (κ2) is 9.23. The van der Waals surface area contributed by atoms with Crippen LogP contribution < -0.4 is 10.2 Å². The Balaban J connectivity index is 1.71. The molecule has 0 saturated heterocycles. The van der Waals surface area contributed by atoms with Crippen LogP contribution in [0.25, 0.3) is 0 Å². The Morgan fingerprint density at radius 3 is 2.06 bits per heavy atom. The van der Waals surface area contributed by atoms with Gasteiger partial charge < -0.3 is 5.32 Å². The molecule has 0 atom stereocenters. The quantitative estimate of drug-likeness (QED) is 0.411. The SMILES string of the molecule is Cc1ccc(NC2=C(Sc3ccc(Cl)cc3)C(=O)N(c3ccc(C(C)C)cc3)C2=O)cc1. The zero-order valence-corrected chi connectivity index (χ0v) is 19.6. The predicted octanol–water partition coefficient (Wildman–Crippen LogP) is 6.76. The number of carbonyl (C=O) groups excluding carboxylic acids is 2. The highest BCUT2D eigenvalue weighted by atomic mass is 35.5. The molecule has 3 aromatic rings. The van der Waals surface area contributed by atoms with Crippen molar-refractivity contribution in [1.82, 2.24) is 0 Å². The molecule has 6 heteroatoms. The van der Waals surface area contributed by atoms with Crippen LogP contribution in [-0.4, -0.2) is 11.8 Å². The molecule has 2 amide bonds. The Hall–Kier alpha value is -3.02. The second-order valence-electron chi connectivity index (χ2n) is 7.94. The number of halogens is 1. The van der Waals surface area contributed by atoms with Crippen LogP contribution in [0.4, 0.5) is 11.4 Å². The van der Waals surface area contributed by atoms with Crippen molar-refractivity contribution in [1.29, 1.82) is 0 Å². The average Bonchev–Trinajstić information content (AvgIpc) is 3.00. The lowest BCUT2D eigenvalue weighted by molar-refractivity contribution is -0.120. The summed E-state index contributed by atoms with van der Waals surface area (Å²) in [6.45, 7) is 6.21. The summed E-state index contributed by atoms with van der Waals surface area (Å²) in [4.78, 5) is 29.2. The van der Waals surface area contributed by atoms with Crippen molar-refractivity contribution in [2.45, 2.75) is 31.6 Å². The van der Waals surface area contributed by atoms with E-state index < -0.39 is 0 Å². The molecular formula is C26H23ClN2O2S. The minimum atomic E-state index is -0.371. The highest BCUT2D eigenvalue weighted by Crippen LogP contribution is 2.38. The first-order valence-electron chi connectivity index (χ1n) is 10.3. The summed E-state index contributed by atoms with van der Waals surface area (Å²) in [5, 5.41) is 3.79. The van der Waals surface area contributed by atoms with Crippen LogP contribution in [0.3, 0.4) is 0 Å².